The SMILES string of the molecule is CCCCCCc1ccc(C(=O)OC)cc1C(=O)OC. The van der Waals surface area contributed by atoms with Gasteiger partial charge in [0.2, 0.25) is 0 Å². The Balaban J connectivity index is 2.92. The van der Waals surface area contributed by atoms with Crippen LogP contribution < -0.4 is 0 Å². The highest BCUT2D eigenvalue weighted by atomic mass is 16.5. The third kappa shape index (κ3) is 4.37. The quantitative estimate of drug-likeness (QED) is 0.566. The van der Waals surface area contributed by atoms with Gasteiger partial charge in [0.05, 0.1) is 25.3 Å². The van der Waals surface area contributed by atoms with E-state index in [0.717, 1.165) is 24.8 Å². The number of benzene rings is 1. The van der Waals surface area contributed by atoms with Gasteiger partial charge in [-0.05, 0) is 30.5 Å². The molecule has 4 nitrogen and oxygen atoms in total. The van der Waals surface area contributed by atoms with E-state index in [1.165, 1.54) is 27.1 Å². The Bertz CT molecular complexity index is 466. The van der Waals surface area contributed by atoms with Gasteiger partial charge in [-0.15, -0.1) is 0 Å². The van der Waals surface area contributed by atoms with Crippen LogP contribution in [0, 0.1) is 0 Å². The number of carbonyl (C=O) groups is 2. The first kappa shape index (κ1) is 16.2. The molecule has 0 spiro atoms. The van der Waals surface area contributed by atoms with Crippen LogP contribution in [0.2, 0.25) is 0 Å². The molecule has 1 rings (SSSR count). The summed E-state index contributed by atoms with van der Waals surface area (Å²) in [6, 6.07) is 5.05. The van der Waals surface area contributed by atoms with Crippen molar-refractivity contribution in [1.82, 2.24) is 0 Å². The molecule has 0 aliphatic heterocycles. The van der Waals surface area contributed by atoms with E-state index in [4.69, 9.17) is 4.74 Å². The Kier molecular flexibility index (Phi) is 6.77. The van der Waals surface area contributed by atoms with Gasteiger partial charge in [0.25, 0.3) is 0 Å². The van der Waals surface area contributed by atoms with Crippen LogP contribution in [0.15, 0.2) is 18.2 Å². The number of hydrogen-bond acceptors (Lipinski definition) is 4. The maximum absolute atomic E-state index is 11.8. The van der Waals surface area contributed by atoms with E-state index in [0.29, 0.717) is 11.1 Å². The molecule has 0 atom stereocenters. The van der Waals surface area contributed by atoms with Gasteiger partial charge in [-0.25, -0.2) is 9.59 Å². The van der Waals surface area contributed by atoms with E-state index in [1.54, 1.807) is 12.1 Å². The second-order valence-corrected chi connectivity index (χ2v) is 4.67. The van der Waals surface area contributed by atoms with Gasteiger partial charge in [-0.3, -0.25) is 0 Å². The summed E-state index contributed by atoms with van der Waals surface area (Å²) in [5.74, 6) is -0.867. The van der Waals surface area contributed by atoms with Gasteiger partial charge in [-0.2, -0.15) is 0 Å². The second kappa shape index (κ2) is 8.35. The second-order valence-electron chi connectivity index (χ2n) is 4.67. The lowest BCUT2D eigenvalue weighted by Crippen LogP contribution is -2.09. The van der Waals surface area contributed by atoms with Crippen molar-refractivity contribution in [1.29, 1.82) is 0 Å². The summed E-state index contributed by atoms with van der Waals surface area (Å²) in [6.45, 7) is 2.16. The van der Waals surface area contributed by atoms with Crippen LogP contribution in [0.25, 0.3) is 0 Å². The number of esters is 2. The number of aryl methyl sites for hydroxylation is 1. The Hall–Kier alpha value is -1.84. The largest absolute Gasteiger partial charge is 0.465 e. The molecule has 1 aromatic carbocycles. The Morgan fingerprint density at radius 2 is 1.70 bits per heavy atom. The molecule has 0 radical (unpaired) electrons. The zero-order valence-electron chi connectivity index (χ0n) is 12.4. The van der Waals surface area contributed by atoms with E-state index < -0.39 is 11.9 Å². The van der Waals surface area contributed by atoms with Crippen molar-refractivity contribution in [3.8, 4) is 0 Å². The minimum absolute atomic E-state index is 0.366. The number of ether oxygens (including phenoxy) is 2. The highest BCUT2D eigenvalue weighted by molar-refractivity contribution is 5.96. The molecule has 0 fully saturated rings. The van der Waals surface area contributed by atoms with E-state index in [9.17, 15) is 9.59 Å². The van der Waals surface area contributed by atoms with Crippen LogP contribution in [0.3, 0.4) is 0 Å². The van der Waals surface area contributed by atoms with E-state index in [1.807, 2.05) is 6.07 Å². The predicted octanol–water partition coefficient (Wildman–Crippen LogP) is 3.38. The minimum atomic E-state index is -0.451. The third-order valence-electron chi connectivity index (χ3n) is 3.24. The topological polar surface area (TPSA) is 52.6 Å². The molecule has 0 unspecified atom stereocenters. The molecular weight excluding hydrogens is 256 g/mol. The Labute approximate surface area is 120 Å². The lowest BCUT2D eigenvalue weighted by atomic mass is 9.98. The molecule has 0 aliphatic rings. The molecule has 20 heavy (non-hydrogen) atoms. The highest BCUT2D eigenvalue weighted by Crippen LogP contribution is 2.17. The van der Waals surface area contributed by atoms with Gasteiger partial charge >= 0.3 is 11.9 Å². The molecule has 0 N–H and O–H groups in total. The standard InChI is InChI=1S/C16H22O4/c1-4-5-6-7-8-12-9-10-13(15(17)19-2)11-14(12)16(18)20-3/h9-11H,4-8H2,1-3H3. The maximum Gasteiger partial charge on any atom is 0.338 e. The first-order chi connectivity index (χ1) is 9.63. The van der Waals surface area contributed by atoms with Crippen molar-refractivity contribution in [3.05, 3.63) is 34.9 Å². The zero-order valence-corrected chi connectivity index (χ0v) is 12.4. The van der Waals surface area contributed by atoms with Crippen molar-refractivity contribution >= 4 is 11.9 Å². The van der Waals surface area contributed by atoms with Crippen LogP contribution in [0.1, 0.15) is 58.9 Å². The number of rotatable bonds is 7. The molecule has 0 heterocycles. The summed E-state index contributed by atoms with van der Waals surface area (Å²) < 4.78 is 9.45. The van der Waals surface area contributed by atoms with Crippen LogP contribution >= 0.6 is 0 Å². The van der Waals surface area contributed by atoms with Gasteiger partial charge in [0.15, 0.2) is 0 Å². The molecule has 4 heteroatoms. The number of unbranched alkanes of at least 4 members (excludes halogenated alkanes) is 3. The smallest absolute Gasteiger partial charge is 0.338 e. The summed E-state index contributed by atoms with van der Waals surface area (Å²) in [6.07, 6.45) is 5.33. The minimum Gasteiger partial charge on any atom is -0.465 e. The van der Waals surface area contributed by atoms with Crippen LogP contribution in [0.5, 0.6) is 0 Å². The van der Waals surface area contributed by atoms with E-state index >= 15 is 0 Å². The molecule has 0 aromatic heterocycles. The Morgan fingerprint density at radius 3 is 2.30 bits per heavy atom. The average Bonchev–Trinajstić information content (AvgIpc) is 2.50. The predicted molar refractivity (Wildman–Crippen MR) is 77.0 cm³/mol. The molecule has 0 bridgehead atoms. The van der Waals surface area contributed by atoms with Gasteiger partial charge < -0.3 is 9.47 Å². The number of carbonyl (C=O) groups excluding carboxylic acids is 2. The van der Waals surface area contributed by atoms with Crippen molar-refractivity contribution in [2.75, 3.05) is 14.2 Å². The summed E-state index contributed by atoms with van der Waals surface area (Å²) >= 11 is 0. The molecule has 0 amide bonds. The van der Waals surface area contributed by atoms with Crippen molar-refractivity contribution in [2.24, 2.45) is 0 Å². The fourth-order valence-corrected chi connectivity index (χ4v) is 2.08. The normalized spacial score (nSPS) is 10.2. The molecule has 0 saturated heterocycles. The maximum atomic E-state index is 11.8. The third-order valence-corrected chi connectivity index (χ3v) is 3.24. The zero-order chi connectivity index (χ0) is 15.0. The lowest BCUT2D eigenvalue weighted by Gasteiger charge is -2.09. The Morgan fingerprint density at radius 1 is 1.00 bits per heavy atom. The molecule has 0 aliphatic carbocycles. The van der Waals surface area contributed by atoms with Gasteiger partial charge in [0, 0.05) is 0 Å². The first-order valence-corrected chi connectivity index (χ1v) is 6.93. The number of hydrogen-bond donors (Lipinski definition) is 0. The molecule has 110 valence electrons. The average molecular weight is 278 g/mol. The summed E-state index contributed by atoms with van der Waals surface area (Å²) in [4.78, 5) is 23.3. The van der Waals surface area contributed by atoms with Crippen LogP contribution in [-0.2, 0) is 15.9 Å². The summed E-state index contributed by atoms with van der Waals surface area (Å²) in [7, 11) is 2.66. The monoisotopic (exact) mass is 278 g/mol. The van der Waals surface area contributed by atoms with Crippen LogP contribution in [-0.4, -0.2) is 26.2 Å². The molecule has 1 aromatic rings. The van der Waals surface area contributed by atoms with Crippen LogP contribution in [0.4, 0.5) is 0 Å². The lowest BCUT2D eigenvalue weighted by molar-refractivity contribution is 0.0598. The van der Waals surface area contributed by atoms with Crippen molar-refractivity contribution in [2.45, 2.75) is 39.0 Å². The van der Waals surface area contributed by atoms with Gasteiger partial charge in [-0.1, -0.05) is 32.3 Å². The van der Waals surface area contributed by atoms with E-state index in [2.05, 4.69) is 11.7 Å². The van der Waals surface area contributed by atoms with Crippen molar-refractivity contribution in [3.63, 3.8) is 0 Å². The summed E-state index contributed by atoms with van der Waals surface area (Å²) in [5, 5.41) is 0. The first-order valence-electron chi connectivity index (χ1n) is 6.93. The molecule has 0 saturated carbocycles. The van der Waals surface area contributed by atoms with E-state index in [-0.39, 0.29) is 0 Å². The highest BCUT2D eigenvalue weighted by Gasteiger charge is 2.15. The fraction of sp³-hybridized carbons (Fsp3) is 0.500. The number of methoxy groups -OCH3 is 2. The fourth-order valence-electron chi connectivity index (χ4n) is 2.08. The van der Waals surface area contributed by atoms with Crippen molar-refractivity contribution < 1.29 is 19.1 Å². The molecular formula is C16H22O4. The van der Waals surface area contributed by atoms with Gasteiger partial charge in [0.1, 0.15) is 0 Å². The summed E-state index contributed by atoms with van der Waals surface area (Å²) in [5.41, 5.74) is 1.73.